The van der Waals surface area contributed by atoms with Gasteiger partial charge in [0, 0.05) is 21.5 Å². The molecule has 5 nitrogen and oxygen atoms in total. The van der Waals surface area contributed by atoms with Crippen molar-refractivity contribution >= 4 is 28.2 Å². The number of amides is 1. The van der Waals surface area contributed by atoms with Crippen molar-refractivity contribution in [1.29, 1.82) is 0 Å². The van der Waals surface area contributed by atoms with E-state index in [9.17, 15) is 9.59 Å². The minimum atomic E-state index is -0.383. The molecule has 31 heavy (non-hydrogen) atoms. The topological polar surface area (TPSA) is 67.4 Å². The van der Waals surface area contributed by atoms with E-state index in [1.165, 1.54) is 11.3 Å². The minimum absolute atomic E-state index is 0.0181. The number of carbonyl (C=O) groups is 2. The molecule has 1 aliphatic rings. The summed E-state index contributed by atoms with van der Waals surface area (Å²) in [5, 5.41) is 7.20. The summed E-state index contributed by atoms with van der Waals surface area (Å²) in [7, 11) is 0. The van der Waals surface area contributed by atoms with Gasteiger partial charge in [-0.3, -0.25) is 4.79 Å². The van der Waals surface area contributed by atoms with E-state index in [1.54, 1.807) is 6.92 Å². The minimum Gasteiger partial charge on any atom is -0.462 e. The van der Waals surface area contributed by atoms with Crippen LogP contribution in [0.1, 0.15) is 92.1 Å². The van der Waals surface area contributed by atoms with Crippen LogP contribution in [0.4, 0.5) is 5.00 Å². The number of hydrogen-bond donors (Lipinski definition) is 2. The highest BCUT2D eigenvalue weighted by Crippen LogP contribution is 2.45. The van der Waals surface area contributed by atoms with Gasteiger partial charge in [-0.15, -0.1) is 11.3 Å². The number of rotatable bonds is 4. The Hall–Kier alpha value is -2.18. The Labute approximate surface area is 189 Å². The third-order valence-electron chi connectivity index (χ3n) is 5.56. The van der Waals surface area contributed by atoms with Crippen molar-refractivity contribution < 1.29 is 14.3 Å². The van der Waals surface area contributed by atoms with Crippen molar-refractivity contribution in [1.82, 2.24) is 5.32 Å². The molecule has 168 valence electrons. The van der Waals surface area contributed by atoms with Gasteiger partial charge < -0.3 is 15.4 Å². The van der Waals surface area contributed by atoms with E-state index < -0.39 is 0 Å². The van der Waals surface area contributed by atoms with Crippen LogP contribution in [0.25, 0.3) is 0 Å². The number of fused-ring (bicyclic) bond motifs is 1. The second-order valence-corrected chi connectivity index (χ2v) is 11.4. The SMILES string of the molecule is CCOC(=O)c1c(NC(=O)c2ccc(C(C)(C)C)cc2)sc2c1CC(C)(C)NC2(C)C. The first kappa shape index (κ1) is 23.5. The molecule has 0 spiro atoms. The van der Waals surface area contributed by atoms with E-state index >= 15 is 0 Å². The molecule has 3 rings (SSSR count). The first-order valence-corrected chi connectivity index (χ1v) is 11.6. The number of nitrogens with one attached hydrogen (secondary N) is 2. The fraction of sp³-hybridized carbons (Fsp3) is 0.520. The van der Waals surface area contributed by atoms with Crippen molar-refractivity contribution in [3.05, 3.63) is 51.4 Å². The second-order valence-electron chi connectivity index (χ2n) is 10.4. The Kier molecular flexibility index (Phi) is 6.11. The van der Waals surface area contributed by atoms with Crippen LogP contribution in [-0.2, 0) is 22.1 Å². The zero-order valence-electron chi connectivity index (χ0n) is 19.9. The highest BCUT2D eigenvalue weighted by atomic mass is 32.1. The van der Waals surface area contributed by atoms with E-state index in [1.807, 2.05) is 24.3 Å². The van der Waals surface area contributed by atoms with Crippen LogP contribution < -0.4 is 10.6 Å². The molecular weight excluding hydrogens is 408 g/mol. The summed E-state index contributed by atoms with van der Waals surface area (Å²) >= 11 is 1.46. The fourth-order valence-electron chi connectivity index (χ4n) is 4.33. The van der Waals surface area contributed by atoms with Crippen LogP contribution in [0.2, 0.25) is 0 Å². The molecule has 0 radical (unpaired) electrons. The van der Waals surface area contributed by atoms with Gasteiger partial charge in [0.25, 0.3) is 5.91 Å². The number of hydrogen-bond acceptors (Lipinski definition) is 5. The van der Waals surface area contributed by atoms with Gasteiger partial charge in [-0.25, -0.2) is 4.79 Å². The number of anilines is 1. The van der Waals surface area contributed by atoms with Gasteiger partial charge in [0.15, 0.2) is 0 Å². The van der Waals surface area contributed by atoms with Gasteiger partial charge in [-0.05, 0) is 69.7 Å². The van der Waals surface area contributed by atoms with Gasteiger partial charge in [0.2, 0.25) is 0 Å². The molecule has 0 saturated carbocycles. The molecule has 0 atom stereocenters. The smallest absolute Gasteiger partial charge is 0.341 e. The van der Waals surface area contributed by atoms with Gasteiger partial charge >= 0.3 is 5.97 Å². The van der Waals surface area contributed by atoms with E-state index in [0.717, 1.165) is 16.0 Å². The van der Waals surface area contributed by atoms with Crippen molar-refractivity contribution in [2.24, 2.45) is 0 Å². The largest absolute Gasteiger partial charge is 0.462 e. The molecule has 1 amide bonds. The first-order valence-electron chi connectivity index (χ1n) is 10.8. The molecule has 0 fully saturated rings. The summed E-state index contributed by atoms with van der Waals surface area (Å²) in [6, 6.07) is 7.64. The lowest BCUT2D eigenvalue weighted by Gasteiger charge is -2.42. The summed E-state index contributed by atoms with van der Waals surface area (Å²) in [6.07, 6.45) is 0.687. The van der Waals surface area contributed by atoms with E-state index in [4.69, 9.17) is 4.74 Å². The quantitative estimate of drug-likeness (QED) is 0.602. The summed E-state index contributed by atoms with van der Waals surface area (Å²) < 4.78 is 5.37. The lowest BCUT2D eigenvalue weighted by atomic mass is 9.81. The van der Waals surface area contributed by atoms with Crippen molar-refractivity contribution in [2.45, 2.75) is 78.3 Å². The van der Waals surface area contributed by atoms with E-state index in [0.29, 0.717) is 22.5 Å². The van der Waals surface area contributed by atoms with Gasteiger partial charge in [0.1, 0.15) is 5.00 Å². The molecule has 1 aromatic carbocycles. The van der Waals surface area contributed by atoms with Crippen molar-refractivity contribution in [3.63, 3.8) is 0 Å². The summed E-state index contributed by atoms with van der Waals surface area (Å²) in [5.74, 6) is -0.610. The zero-order valence-corrected chi connectivity index (χ0v) is 20.7. The number of thiophene rings is 1. The number of benzene rings is 1. The van der Waals surface area contributed by atoms with Crippen LogP contribution in [0.5, 0.6) is 0 Å². The molecule has 0 saturated heterocycles. The molecule has 0 bridgehead atoms. The standard InChI is InChI=1S/C25H34N2O3S/c1-9-30-22(29)18-17-14-24(5,6)27-25(7,8)19(17)31-21(18)26-20(28)15-10-12-16(13-11-15)23(2,3)4/h10-13,27H,9,14H2,1-8H3,(H,26,28). The average molecular weight is 443 g/mol. The number of carbonyl (C=O) groups excluding carboxylic acids is 2. The predicted octanol–water partition coefficient (Wildman–Crippen LogP) is 5.63. The maximum Gasteiger partial charge on any atom is 0.341 e. The molecule has 1 aliphatic heterocycles. The molecule has 1 aromatic heterocycles. The highest BCUT2D eigenvalue weighted by molar-refractivity contribution is 7.17. The molecule has 0 unspecified atom stereocenters. The summed E-state index contributed by atoms with van der Waals surface area (Å²) in [5.41, 5.74) is 2.71. The molecule has 0 aliphatic carbocycles. The molecule has 2 heterocycles. The van der Waals surface area contributed by atoms with Crippen LogP contribution in [0.3, 0.4) is 0 Å². The molecular formula is C25H34N2O3S. The fourth-order valence-corrected chi connectivity index (χ4v) is 5.59. The third-order valence-corrected chi connectivity index (χ3v) is 7.04. The van der Waals surface area contributed by atoms with Crippen molar-refractivity contribution in [3.8, 4) is 0 Å². The summed E-state index contributed by atoms with van der Waals surface area (Å²) in [4.78, 5) is 27.0. The highest BCUT2D eigenvalue weighted by Gasteiger charge is 2.42. The Morgan fingerprint density at radius 2 is 1.74 bits per heavy atom. The maximum atomic E-state index is 13.0. The number of ether oxygens (including phenoxy) is 1. The normalized spacial score (nSPS) is 17.0. The van der Waals surface area contributed by atoms with Gasteiger partial charge in [-0.2, -0.15) is 0 Å². The molecule has 6 heteroatoms. The third kappa shape index (κ3) is 4.85. The number of esters is 1. The Morgan fingerprint density at radius 3 is 2.29 bits per heavy atom. The van der Waals surface area contributed by atoms with Crippen LogP contribution in [-0.4, -0.2) is 24.0 Å². The van der Waals surface area contributed by atoms with Crippen LogP contribution in [0.15, 0.2) is 24.3 Å². The average Bonchev–Trinajstić information content (AvgIpc) is 2.98. The molecule has 2 aromatic rings. The maximum absolute atomic E-state index is 13.0. The monoisotopic (exact) mass is 442 g/mol. The van der Waals surface area contributed by atoms with E-state index in [2.05, 4.69) is 59.1 Å². The zero-order chi connectivity index (χ0) is 23.2. The lowest BCUT2D eigenvalue weighted by molar-refractivity contribution is 0.0525. The van der Waals surface area contributed by atoms with Crippen LogP contribution >= 0.6 is 11.3 Å². The van der Waals surface area contributed by atoms with Gasteiger partial charge in [-0.1, -0.05) is 32.9 Å². The van der Waals surface area contributed by atoms with Crippen molar-refractivity contribution in [2.75, 3.05) is 11.9 Å². The predicted molar refractivity (Wildman–Crippen MR) is 127 cm³/mol. The molecule has 2 N–H and O–H groups in total. The van der Waals surface area contributed by atoms with Gasteiger partial charge in [0.05, 0.1) is 12.2 Å². The Bertz CT molecular complexity index is 995. The summed E-state index contributed by atoms with van der Waals surface area (Å²) in [6.45, 7) is 17.0. The van der Waals surface area contributed by atoms with Crippen LogP contribution in [0, 0.1) is 0 Å². The Balaban J connectivity index is 2.00. The lowest BCUT2D eigenvalue weighted by Crippen LogP contribution is -2.55. The first-order chi connectivity index (χ1) is 14.2. The Morgan fingerprint density at radius 1 is 1.13 bits per heavy atom. The van der Waals surface area contributed by atoms with E-state index in [-0.39, 0.29) is 35.0 Å². The second kappa shape index (κ2) is 8.06.